The number of hydrogen-bond donors (Lipinski definition) is 1. The van der Waals surface area contributed by atoms with Crippen LogP contribution < -0.4 is 0 Å². The smallest absolute Gasteiger partial charge is 0.230 e. The number of aromatic nitrogens is 1. The lowest BCUT2D eigenvalue weighted by Gasteiger charge is -2.25. The minimum absolute atomic E-state index is 0.0403. The van der Waals surface area contributed by atoms with E-state index < -0.39 is 25.7 Å². The number of hydrogen-bond acceptors (Lipinski definition) is 7. The number of sulfonamides is 1. The van der Waals surface area contributed by atoms with Crippen molar-refractivity contribution in [3.63, 3.8) is 0 Å². The van der Waals surface area contributed by atoms with Gasteiger partial charge in [0.2, 0.25) is 15.9 Å². The van der Waals surface area contributed by atoms with Gasteiger partial charge in [0, 0.05) is 26.0 Å². The maximum Gasteiger partial charge on any atom is 0.230 e. The highest BCUT2D eigenvalue weighted by Crippen LogP contribution is 2.31. The Hall–Kier alpha value is -2.60. The second-order valence-electron chi connectivity index (χ2n) is 7.85. The van der Waals surface area contributed by atoms with E-state index in [1.807, 2.05) is 12.1 Å². The van der Waals surface area contributed by atoms with Crippen molar-refractivity contribution in [3.8, 4) is 11.5 Å². The van der Waals surface area contributed by atoms with Crippen LogP contribution in [0.4, 0.5) is 4.39 Å². The predicted octanol–water partition coefficient (Wildman–Crippen LogP) is 2.84. The summed E-state index contributed by atoms with van der Waals surface area (Å²) >= 11 is 0. The zero-order chi connectivity index (χ0) is 23.8. The lowest BCUT2D eigenvalue weighted by Crippen LogP contribution is -2.36. The number of rotatable bonds is 7. The van der Waals surface area contributed by atoms with Gasteiger partial charge in [0.05, 0.1) is 16.2 Å². The number of oxazole rings is 1. The molecule has 2 heterocycles. The molecule has 0 saturated carbocycles. The van der Waals surface area contributed by atoms with E-state index in [9.17, 15) is 21.2 Å². The van der Waals surface area contributed by atoms with Crippen LogP contribution in [-0.2, 0) is 19.9 Å². The Bertz CT molecular complexity index is 1440. The molecule has 0 amide bonds. The van der Waals surface area contributed by atoms with Gasteiger partial charge in [0.1, 0.15) is 11.3 Å². The van der Waals surface area contributed by atoms with Crippen molar-refractivity contribution in [3.05, 3.63) is 53.9 Å². The van der Waals surface area contributed by atoms with E-state index in [1.54, 1.807) is 12.1 Å². The standard InChI is InChI=1S/C22H23FN2O6S2/c1-32(27,28)17-4-5-18(19(23)14-17)22-24-20-13-16(3-6-21(20)31-22)15-7-9-25(10-8-15)33(29,30)12-2-11-26/h3-7,13-14,26H,2,8-12H2,1H3. The van der Waals surface area contributed by atoms with Gasteiger partial charge in [-0.25, -0.2) is 26.2 Å². The Labute approximate surface area is 191 Å². The van der Waals surface area contributed by atoms with Crippen LogP contribution in [0.15, 0.2) is 51.8 Å². The first-order valence-electron chi connectivity index (χ1n) is 10.3. The summed E-state index contributed by atoms with van der Waals surface area (Å²) in [6, 6.07) is 8.93. The number of nitrogens with zero attached hydrogens (tertiary/aromatic N) is 2. The van der Waals surface area contributed by atoms with Gasteiger partial charge in [-0.1, -0.05) is 12.1 Å². The molecule has 2 aromatic carbocycles. The first-order valence-corrected chi connectivity index (χ1v) is 13.8. The maximum atomic E-state index is 14.5. The minimum atomic E-state index is -3.53. The van der Waals surface area contributed by atoms with E-state index in [0.29, 0.717) is 24.1 Å². The Morgan fingerprint density at radius 1 is 1.15 bits per heavy atom. The number of aliphatic hydroxyl groups is 1. The van der Waals surface area contributed by atoms with E-state index in [0.717, 1.165) is 23.5 Å². The Morgan fingerprint density at radius 3 is 2.58 bits per heavy atom. The molecule has 0 spiro atoms. The fourth-order valence-electron chi connectivity index (χ4n) is 3.68. The lowest BCUT2D eigenvalue weighted by molar-refractivity contribution is 0.294. The van der Waals surface area contributed by atoms with Gasteiger partial charge in [0.25, 0.3) is 0 Å². The molecule has 0 saturated heterocycles. The van der Waals surface area contributed by atoms with Crippen molar-refractivity contribution in [2.75, 3.05) is 31.7 Å². The van der Waals surface area contributed by atoms with Crippen molar-refractivity contribution in [2.24, 2.45) is 0 Å². The fraction of sp³-hybridized carbons (Fsp3) is 0.318. The number of halogens is 1. The number of fused-ring (bicyclic) bond motifs is 1. The average Bonchev–Trinajstić information content (AvgIpc) is 3.20. The Kier molecular flexibility index (Phi) is 6.41. The van der Waals surface area contributed by atoms with Gasteiger partial charge in [-0.2, -0.15) is 4.31 Å². The van der Waals surface area contributed by atoms with Crippen molar-refractivity contribution in [2.45, 2.75) is 17.7 Å². The van der Waals surface area contributed by atoms with E-state index >= 15 is 0 Å². The number of benzene rings is 2. The summed E-state index contributed by atoms with van der Waals surface area (Å²) in [5.41, 5.74) is 2.85. The largest absolute Gasteiger partial charge is 0.436 e. The minimum Gasteiger partial charge on any atom is -0.436 e. The summed E-state index contributed by atoms with van der Waals surface area (Å²) < 4.78 is 69.5. The van der Waals surface area contributed by atoms with Crippen LogP contribution in [0.5, 0.6) is 0 Å². The average molecular weight is 495 g/mol. The second-order valence-corrected chi connectivity index (χ2v) is 12.0. The van der Waals surface area contributed by atoms with Gasteiger partial charge < -0.3 is 9.52 Å². The molecule has 0 unspecified atom stereocenters. The van der Waals surface area contributed by atoms with Gasteiger partial charge >= 0.3 is 0 Å². The van der Waals surface area contributed by atoms with Gasteiger partial charge in [0.15, 0.2) is 15.4 Å². The van der Waals surface area contributed by atoms with Crippen LogP contribution in [0.25, 0.3) is 28.1 Å². The highest BCUT2D eigenvalue weighted by molar-refractivity contribution is 7.90. The van der Waals surface area contributed by atoms with Crippen LogP contribution in [-0.4, -0.2) is 62.9 Å². The number of aliphatic hydroxyl groups excluding tert-OH is 1. The highest BCUT2D eigenvalue weighted by Gasteiger charge is 2.24. The monoisotopic (exact) mass is 494 g/mol. The van der Waals surface area contributed by atoms with Crippen molar-refractivity contribution in [1.82, 2.24) is 9.29 Å². The summed E-state index contributed by atoms with van der Waals surface area (Å²) in [5, 5.41) is 8.89. The zero-order valence-electron chi connectivity index (χ0n) is 17.9. The summed E-state index contributed by atoms with van der Waals surface area (Å²) in [6.45, 7) is 0.433. The molecule has 1 aliphatic heterocycles. The van der Waals surface area contributed by atoms with Gasteiger partial charge in [-0.3, -0.25) is 0 Å². The third kappa shape index (κ3) is 5.01. The summed E-state index contributed by atoms with van der Waals surface area (Å²) in [6.07, 6.45) is 3.59. The summed E-state index contributed by atoms with van der Waals surface area (Å²) in [7, 11) is -6.94. The van der Waals surface area contributed by atoms with Crippen LogP contribution in [0.2, 0.25) is 0 Å². The van der Waals surface area contributed by atoms with Crippen molar-refractivity contribution in [1.29, 1.82) is 0 Å². The molecule has 0 aliphatic carbocycles. The molecule has 1 N–H and O–H groups in total. The van der Waals surface area contributed by atoms with E-state index in [1.165, 1.54) is 16.4 Å². The second kappa shape index (κ2) is 8.98. The molecule has 11 heteroatoms. The molecule has 0 bridgehead atoms. The highest BCUT2D eigenvalue weighted by atomic mass is 32.2. The zero-order valence-corrected chi connectivity index (χ0v) is 19.5. The first kappa shape index (κ1) is 23.6. The molecule has 4 rings (SSSR count). The summed E-state index contributed by atoms with van der Waals surface area (Å²) in [4.78, 5) is 4.24. The predicted molar refractivity (Wildman–Crippen MR) is 122 cm³/mol. The maximum absolute atomic E-state index is 14.5. The molecule has 176 valence electrons. The molecule has 33 heavy (non-hydrogen) atoms. The van der Waals surface area contributed by atoms with Gasteiger partial charge in [-0.05, 0) is 54.3 Å². The van der Waals surface area contributed by atoms with Crippen LogP contribution >= 0.6 is 0 Å². The summed E-state index contributed by atoms with van der Waals surface area (Å²) in [5.74, 6) is -0.789. The third-order valence-electron chi connectivity index (χ3n) is 5.48. The lowest BCUT2D eigenvalue weighted by atomic mass is 10.00. The van der Waals surface area contributed by atoms with Crippen LogP contribution in [0.1, 0.15) is 18.4 Å². The number of sulfone groups is 1. The van der Waals surface area contributed by atoms with Crippen LogP contribution in [0, 0.1) is 5.82 Å². The molecule has 0 fully saturated rings. The van der Waals surface area contributed by atoms with E-state index in [-0.39, 0.29) is 41.7 Å². The molecule has 8 nitrogen and oxygen atoms in total. The normalized spacial score (nSPS) is 15.7. The Balaban J connectivity index is 1.58. The molecule has 3 aromatic rings. The van der Waals surface area contributed by atoms with Crippen LogP contribution in [0.3, 0.4) is 0 Å². The molecule has 0 atom stereocenters. The fourth-order valence-corrected chi connectivity index (χ4v) is 5.74. The van der Waals surface area contributed by atoms with E-state index in [2.05, 4.69) is 4.98 Å². The molecular formula is C22H23FN2O6S2. The molecular weight excluding hydrogens is 471 g/mol. The van der Waals surface area contributed by atoms with Crippen molar-refractivity contribution >= 4 is 36.5 Å². The SMILES string of the molecule is CS(=O)(=O)c1ccc(-c2nc3cc(C4=CCN(S(=O)(=O)CCCO)CC4)ccc3o2)c(F)c1. The Morgan fingerprint density at radius 2 is 1.94 bits per heavy atom. The van der Waals surface area contributed by atoms with Crippen molar-refractivity contribution < 1.29 is 30.7 Å². The third-order valence-corrected chi connectivity index (χ3v) is 8.52. The molecule has 0 radical (unpaired) electrons. The van der Waals surface area contributed by atoms with E-state index in [4.69, 9.17) is 9.52 Å². The topological polar surface area (TPSA) is 118 Å². The van der Waals surface area contributed by atoms with Gasteiger partial charge in [-0.15, -0.1) is 0 Å². The molecule has 1 aromatic heterocycles. The first-order chi connectivity index (χ1) is 15.6. The molecule has 1 aliphatic rings. The quantitative estimate of drug-likeness (QED) is 0.537.